The highest BCUT2D eigenvalue weighted by atomic mass is 16.5. The molecule has 1 aromatic heterocycles. The minimum atomic E-state index is -0.887. The summed E-state index contributed by atoms with van der Waals surface area (Å²) in [6.45, 7) is 1.02. The maximum atomic E-state index is 11.4. The number of anilines is 1. The maximum Gasteiger partial charge on any atom is 0.311 e. The van der Waals surface area contributed by atoms with E-state index in [1.54, 1.807) is 0 Å². The van der Waals surface area contributed by atoms with Crippen molar-refractivity contribution in [1.82, 2.24) is 9.97 Å². The number of carboxylic acids is 1. The summed E-state index contributed by atoms with van der Waals surface area (Å²) >= 11 is 0. The molecule has 0 spiro atoms. The number of nitrogens with one attached hydrogen (secondary N) is 2. The van der Waals surface area contributed by atoms with Crippen LogP contribution in [0.1, 0.15) is 12.8 Å². The largest absolute Gasteiger partial charge is 0.481 e. The van der Waals surface area contributed by atoms with Crippen LogP contribution >= 0.6 is 0 Å². The van der Waals surface area contributed by atoms with Crippen LogP contribution in [0.2, 0.25) is 0 Å². The van der Waals surface area contributed by atoms with E-state index < -0.39 is 11.4 Å². The molecule has 2 heterocycles. The van der Waals surface area contributed by atoms with Gasteiger partial charge >= 0.3 is 5.97 Å². The zero-order valence-corrected chi connectivity index (χ0v) is 9.81. The minimum absolute atomic E-state index is 0.143. The Morgan fingerprint density at radius 2 is 2.28 bits per heavy atom. The smallest absolute Gasteiger partial charge is 0.311 e. The predicted octanol–water partition coefficient (Wildman–Crippen LogP) is 0.0632. The fourth-order valence-corrected chi connectivity index (χ4v) is 1.96. The number of hydrogen-bond donors (Lipinski definition) is 3. The van der Waals surface area contributed by atoms with Crippen LogP contribution in [0.3, 0.4) is 0 Å². The predicted molar refractivity (Wildman–Crippen MR) is 63.5 cm³/mol. The molecule has 18 heavy (non-hydrogen) atoms. The van der Waals surface area contributed by atoms with Crippen LogP contribution in [0.4, 0.5) is 5.82 Å². The number of hydrogen-bond acceptors (Lipinski definition) is 5. The first kappa shape index (κ1) is 12.6. The molecule has 2 rings (SSSR count). The van der Waals surface area contributed by atoms with Gasteiger partial charge in [0.05, 0.1) is 5.41 Å². The lowest BCUT2D eigenvalue weighted by Gasteiger charge is -2.33. The lowest BCUT2D eigenvalue weighted by Crippen LogP contribution is -2.43. The van der Waals surface area contributed by atoms with Gasteiger partial charge in [-0.3, -0.25) is 9.59 Å². The molecule has 1 aliphatic heterocycles. The van der Waals surface area contributed by atoms with Gasteiger partial charge in [-0.05, 0) is 12.8 Å². The van der Waals surface area contributed by atoms with Gasteiger partial charge in [0.1, 0.15) is 0 Å². The zero-order chi connectivity index (χ0) is 13.0. The molecule has 98 valence electrons. The molecule has 1 fully saturated rings. The lowest BCUT2D eigenvalue weighted by molar-refractivity contribution is -0.153. The molecule has 0 aromatic carbocycles. The van der Waals surface area contributed by atoms with Crippen molar-refractivity contribution in [3.8, 4) is 0 Å². The molecule has 1 aromatic rings. The Labute approximate surface area is 103 Å². The van der Waals surface area contributed by atoms with Crippen LogP contribution in [-0.2, 0) is 9.53 Å². The van der Waals surface area contributed by atoms with Crippen molar-refractivity contribution in [3.63, 3.8) is 0 Å². The molecule has 0 unspecified atom stereocenters. The summed E-state index contributed by atoms with van der Waals surface area (Å²) < 4.78 is 5.18. The molecule has 0 saturated carbocycles. The number of ether oxygens (including phenoxy) is 1. The number of aliphatic carboxylic acids is 1. The van der Waals surface area contributed by atoms with Gasteiger partial charge in [-0.1, -0.05) is 0 Å². The summed E-state index contributed by atoms with van der Waals surface area (Å²) in [5.74, 6) is -0.727. The third-order valence-corrected chi connectivity index (χ3v) is 3.21. The van der Waals surface area contributed by atoms with Crippen molar-refractivity contribution in [1.29, 1.82) is 0 Å². The third kappa shape index (κ3) is 2.51. The van der Waals surface area contributed by atoms with Gasteiger partial charge in [0.15, 0.2) is 5.82 Å². The summed E-state index contributed by atoms with van der Waals surface area (Å²) in [5.41, 5.74) is -1.24. The van der Waals surface area contributed by atoms with E-state index in [9.17, 15) is 14.7 Å². The summed E-state index contributed by atoms with van der Waals surface area (Å²) in [5, 5.41) is 12.1. The first-order valence-corrected chi connectivity index (χ1v) is 5.73. The fourth-order valence-electron chi connectivity index (χ4n) is 1.96. The van der Waals surface area contributed by atoms with Gasteiger partial charge in [-0.15, -0.1) is 0 Å². The first-order chi connectivity index (χ1) is 8.64. The van der Waals surface area contributed by atoms with Crippen molar-refractivity contribution in [2.45, 2.75) is 12.8 Å². The van der Waals surface area contributed by atoms with E-state index in [0.29, 0.717) is 26.1 Å². The second-order valence-corrected chi connectivity index (χ2v) is 4.32. The zero-order valence-electron chi connectivity index (χ0n) is 9.81. The van der Waals surface area contributed by atoms with E-state index in [1.165, 1.54) is 12.4 Å². The van der Waals surface area contributed by atoms with Gasteiger partial charge in [0.25, 0.3) is 5.56 Å². The maximum absolute atomic E-state index is 11.4. The van der Waals surface area contributed by atoms with E-state index >= 15 is 0 Å². The molecule has 0 bridgehead atoms. The Balaban J connectivity index is 2.09. The monoisotopic (exact) mass is 253 g/mol. The first-order valence-electron chi connectivity index (χ1n) is 5.73. The molecule has 7 nitrogen and oxygen atoms in total. The van der Waals surface area contributed by atoms with Crippen molar-refractivity contribution in [3.05, 3.63) is 22.7 Å². The van der Waals surface area contributed by atoms with Gasteiger partial charge < -0.3 is 20.1 Å². The van der Waals surface area contributed by atoms with E-state index in [1.807, 2.05) is 0 Å². The highest BCUT2D eigenvalue weighted by Gasteiger charge is 2.40. The van der Waals surface area contributed by atoms with Crippen LogP contribution in [-0.4, -0.2) is 40.8 Å². The van der Waals surface area contributed by atoms with Crippen molar-refractivity contribution < 1.29 is 14.6 Å². The van der Waals surface area contributed by atoms with Crippen LogP contribution in [0, 0.1) is 5.41 Å². The Hall–Kier alpha value is -1.89. The quantitative estimate of drug-likeness (QED) is 0.701. The third-order valence-electron chi connectivity index (χ3n) is 3.21. The molecule has 0 aliphatic carbocycles. The molecule has 3 N–H and O–H groups in total. The molecule has 1 aliphatic rings. The number of carbonyl (C=O) groups is 1. The van der Waals surface area contributed by atoms with Crippen molar-refractivity contribution in [2.24, 2.45) is 5.41 Å². The van der Waals surface area contributed by atoms with Crippen LogP contribution in [0.5, 0.6) is 0 Å². The van der Waals surface area contributed by atoms with E-state index in [-0.39, 0.29) is 17.9 Å². The normalized spacial score (nSPS) is 18.2. The summed E-state index contributed by atoms with van der Waals surface area (Å²) in [7, 11) is 0. The van der Waals surface area contributed by atoms with Gasteiger partial charge in [-0.25, -0.2) is 4.98 Å². The van der Waals surface area contributed by atoms with E-state index in [0.717, 1.165) is 0 Å². The SMILES string of the molecule is O=C(O)C1(CNc2ncc[nH]c2=O)CCOCC1. The van der Waals surface area contributed by atoms with E-state index in [4.69, 9.17) is 4.74 Å². The number of aromatic amines is 1. The summed E-state index contributed by atoms with van der Waals surface area (Å²) in [4.78, 5) is 29.1. The van der Waals surface area contributed by atoms with Gasteiger partial charge in [0, 0.05) is 32.2 Å². The average Bonchev–Trinajstić information content (AvgIpc) is 2.39. The number of aromatic nitrogens is 2. The second-order valence-electron chi connectivity index (χ2n) is 4.32. The molecule has 1 saturated heterocycles. The van der Waals surface area contributed by atoms with Gasteiger partial charge in [-0.2, -0.15) is 0 Å². The Bertz CT molecular complexity index is 479. The Morgan fingerprint density at radius 1 is 1.56 bits per heavy atom. The molecule has 0 amide bonds. The van der Waals surface area contributed by atoms with Crippen LogP contribution in [0.15, 0.2) is 17.2 Å². The standard InChI is InChI=1S/C11H15N3O4/c15-9-8(12-3-4-13-9)14-7-11(10(16)17)1-5-18-6-2-11/h3-4H,1-2,5-7H2,(H,12,14)(H,13,15)(H,16,17). The number of rotatable bonds is 4. The topological polar surface area (TPSA) is 104 Å². The van der Waals surface area contributed by atoms with Crippen LogP contribution in [0.25, 0.3) is 0 Å². The Morgan fingerprint density at radius 3 is 2.89 bits per heavy atom. The number of H-pyrrole nitrogens is 1. The van der Waals surface area contributed by atoms with Crippen molar-refractivity contribution in [2.75, 3.05) is 25.1 Å². The highest BCUT2D eigenvalue weighted by molar-refractivity contribution is 5.75. The highest BCUT2D eigenvalue weighted by Crippen LogP contribution is 2.30. The van der Waals surface area contributed by atoms with E-state index in [2.05, 4.69) is 15.3 Å². The van der Waals surface area contributed by atoms with Crippen LogP contribution < -0.4 is 10.9 Å². The second kappa shape index (κ2) is 5.18. The Kier molecular flexibility index (Phi) is 3.61. The minimum Gasteiger partial charge on any atom is -0.481 e. The molecule has 0 atom stereocenters. The summed E-state index contributed by atoms with van der Waals surface area (Å²) in [6.07, 6.45) is 3.73. The molecular weight excluding hydrogens is 238 g/mol. The molecule has 7 heteroatoms. The lowest BCUT2D eigenvalue weighted by atomic mass is 9.80. The van der Waals surface area contributed by atoms with Crippen molar-refractivity contribution >= 4 is 11.8 Å². The van der Waals surface area contributed by atoms with Gasteiger partial charge in [0.2, 0.25) is 0 Å². The number of nitrogens with zero attached hydrogens (tertiary/aromatic N) is 1. The fraction of sp³-hybridized carbons (Fsp3) is 0.545. The summed E-state index contributed by atoms with van der Waals surface area (Å²) in [6, 6.07) is 0. The molecular formula is C11H15N3O4. The molecule has 0 radical (unpaired) electrons. The average molecular weight is 253 g/mol. The number of carboxylic acid groups (broad SMARTS) is 1.